The summed E-state index contributed by atoms with van der Waals surface area (Å²) in [5.74, 6) is 1.90. The molecule has 0 unspecified atom stereocenters. The highest BCUT2D eigenvalue weighted by Gasteiger charge is 2.18. The summed E-state index contributed by atoms with van der Waals surface area (Å²) in [5, 5.41) is 10.3. The summed E-state index contributed by atoms with van der Waals surface area (Å²) < 4.78 is 10.9. The van der Waals surface area contributed by atoms with Gasteiger partial charge in [-0.2, -0.15) is 15.0 Å². The molecule has 1 heterocycles. The molecule has 2 aliphatic carbocycles. The first kappa shape index (κ1) is 22.0. The highest BCUT2D eigenvalue weighted by Crippen LogP contribution is 2.23. The second kappa shape index (κ2) is 12.8. The summed E-state index contributed by atoms with van der Waals surface area (Å²) >= 11 is 0. The number of hydrogen-bond acceptors (Lipinski definition) is 9. The largest absolute Gasteiger partial charge is 0.378 e. The number of ether oxygens (including phenoxy) is 2. The molecule has 29 heavy (non-hydrogen) atoms. The summed E-state index contributed by atoms with van der Waals surface area (Å²) in [6.45, 7) is 3.42. The number of nitrogens with one attached hydrogen (secondary N) is 3. The number of rotatable bonds is 13. The number of nitrogens with two attached hydrogens (primary N) is 1. The molecule has 0 amide bonds. The molecule has 0 aromatic carbocycles. The van der Waals surface area contributed by atoms with Gasteiger partial charge in [0.1, 0.15) is 0 Å². The van der Waals surface area contributed by atoms with Crippen LogP contribution in [-0.4, -0.2) is 66.6 Å². The number of nitrogens with zero attached hydrogens (tertiary/aromatic N) is 3. The maximum atomic E-state index is 5.56. The molecule has 0 aliphatic heterocycles. The van der Waals surface area contributed by atoms with E-state index in [1.807, 2.05) is 0 Å². The summed E-state index contributed by atoms with van der Waals surface area (Å²) in [5.41, 5.74) is 5.38. The molecule has 2 fully saturated rings. The zero-order valence-electron chi connectivity index (χ0n) is 17.5. The van der Waals surface area contributed by atoms with Gasteiger partial charge in [0.15, 0.2) is 0 Å². The smallest absolute Gasteiger partial charge is 0.229 e. The van der Waals surface area contributed by atoms with E-state index < -0.39 is 0 Å². The molecule has 0 bridgehead atoms. The highest BCUT2D eigenvalue weighted by molar-refractivity contribution is 5.43. The van der Waals surface area contributed by atoms with Gasteiger partial charge in [-0.1, -0.05) is 32.1 Å². The van der Waals surface area contributed by atoms with E-state index in [1.54, 1.807) is 0 Å². The van der Waals surface area contributed by atoms with E-state index in [0.29, 0.717) is 69.4 Å². The molecule has 1 aromatic rings. The Bertz CT molecular complexity index is 578. The number of aromatic nitrogens is 3. The number of anilines is 3. The first-order valence-electron chi connectivity index (χ1n) is 11.2. The fraction of sp³-hybridized carbons (Fsp3) is 0.850. The van der Waals surface area contributed by atoms with Gasteiger partial charge in [-0.05, 0) is 25.7 Å². The lowest BCUT2D eigenvalue weighted by Gasteiger charge is -2.23. The summed E-state index contributed by atoms with van der Waals surface area (Å²) in [4.78, 5) is 13.8. The average molecular weight is 408 g/mol. The zero-order valence-corrected chi connectivity index (χ0v) is 17.5. The van der Waals surface area contributed by atoms with E-state index in [-0.39, 0.29) is 0 Å². The van der Waals surface area contributed by atoms with Gasteiger partial charge in [0, 0.05) is 25.2 Å². The minimum Gasteiger partial charge on any atom is -0.378 e. The van der Waals surface area contributed by atoms with Crippen molar-refractivity contribution in [2.45, 2.75) is 69.9 Å². The van der Waals surface area contributed by atoms with Crippen LogP contribution in [0.1, 0.15) is 57.8 Å². The Hall–Kier alpha value is -1.71. The van der Waals surface area contributed by atoms with Gasteiger partial charge < -0.3 is 31.2 Å². The number of hydrogen-bond donors (Lipinski definition) is 4. The molecule has 2 saturated carbocycles. The van der Waals surface area contributed by atoms with Gasteiger partial charge in [0.05, 0.1) is 26.4 Å². The van der Waals surface area contributed by atoms with E-state index >= 15 is 0 Å². The molecular formula is C20H37N7O2. The van der Waals surface area contributed by atoms with E-state index in [0.717, 1.165) is 0 Å². The maximum Gasteiger partial charge on any atom is 0.229 e. The molecule has 164 valence electrons. The van der Waals surface area contributed by atoms with Crippen molar-refractivity contribution in [2.75, 3.05) is 55.5 Å². The third-order valence-electron chi connectivity index (χ3n) is 5.43. The maximum absolute atomic E-state index is 5.56. The molecule has 9 heteroatoms. The van der Waals surface area contributed by atoms with Crippen LogP contribution in [0.4, 0.5) is 17.8 Å². The van der Waals surface area contributed by atoms with Crippen LogP contribution in [0, 0.1) is 0 Å². The molecule has 1 aromatic heterocycles. The molecular weight excluding hydrogens is 370 g/mol. The van der Waals surface area contributed by atoms with Crippen LogP contribution in [0.25, 0.3) is 0 Å². The van der Waals surface area contributed by atoms with Crippen molar-refractivity contribution >= 4 is 17.8 Å². The van der Waals surface area contributed by atoms with E-state index in [9.17, 15) is 0 Å². The first-order valence-corrected chi connectivity index (χ1v) is 11.2. The van der Waals surface area contributed by atoms with Crippen LogP contribution in [-0.2, 0) is 9.47 Å². The summed E-state index contributed by atoms with van der Waals surface area (Å²) in [6.07, 6.45) is 11.1. The van der Waals surface area contributed by atoms with Crippen LogP contribution >= 0.6 is 0 Å². The van der Waals surface area contributed by atoms with Crippen LogP contribution in [0.2, 0.25) is 0 Å². The molecule has 3 rings (SSSR count). The Labute approximate surface area is 173 Å². The SMILES string of the molecule is NCCOCCOCCNc1nc(NC2CCCCC2)nc(NC2CCCC2)n1. The highest BCUT2D eigenvalue weighted by atomic mass is 16.5. The van der Waals surface area contributed by atoms with E-state index in [2.05, 4.69) is 30.9 Å². The van der Waals surface area contributed by atoms with Crippen LogP contribution < -0.4 is 21.7 Å². The van der Waals surface area contributed by atoms with E-state index in [4.69, 9.17) is 15.2 Å². The fourth-order valence-corrected chi connectivity index (χ4v) is 3.91. The standard InChI is InChI=1S/C20H37N7O2/c21-10-12-28-14-15-29-13-11-22-18-25-19(23-16-6-2-1-3-7-16)27-20(26-18)24-17-8-4-5-9-17/h16-17H,1-15,21H2,(H3,22,23,24,25,26,27). The van der Waals surface area contributed by atoms with Crippen molar-refractivity contribution in [3.63, 3.8) is 0 Å². The van der Waals surface area contributed by atoms with Gasteiger partial charge >= 0.3 is 0 Å². The monoisotopic (exact) mass is 407 g/mol. The first-order chi connectivity index (χ1) is 14.3. The Kier molecular flexibility index (Phi) is 9.68. The average Bonchev–Trinajstić information content (AvgIpc) is 3.24. The van der Waals surface area contributed by atoms with Crippen molar-refractivity contribution in [3.8, 4) is 0 Å². The van der Waals surface area contributed by atoms with Crippen molar-refractivity contribution in [1.29, 1.82) is 0 Å². The van der Waals surface area contributed by atoms with Crippen molar-refractivity contribution in [1.82, 2.24) is 15.0 Å². The lowest BCUT2D eigenvalue weighted by atomic mass is 9.96. The Balaban J connectivity index is 1.50. The summed E-state index contributed by atoms with van der Waals surface area (Å²) in [7, 11) is 0. The quantitative estimate of drug-likeness (QED) is 0.365. The molecule has 5 N–H and O–H groups in total. The molecule has 0 atom stereocenters. The Morgan fingerprint density at radius 2 is 1.21 bits per heavy atom. The topological polar surface area (TPSA) is 119 Å². The van der Waals surface area contributed by atoms with Gasteiger partial charge in [0.2, 0.25) is 17.8 Å². The lowest BCUT2D eigenvalue weighted by molar-refractivity contribution is 0.0547. The lowest BCUT2D eigenvalue weighted by Crippen LogP contribution is -2.25. The molecule has 0 saturated heterocycles. The molecule has 2 aliphatic rings. The summed E-state index contributed by atoms with van der Waals surface area (Å²) in [6, 6.07) is 0.916. The zero-order chi connectivity index (χ0) is 20.2. The minimum absolute atomic E-state index is 0.454. The van der Waals surface area contributed by atoms with Crippen molar-refractivity contribution in [3.05, 3.63) is 0 Å². The van der Waals surface area contributed by atoms with Crippen LogP contribution in [0.15, 0.2) is 0 Å². The van der Waals surface area contributed by atoms with Crippen LogP contribution in [0.5, 0.6) is 0 Å². The second-order valence-electron chi connectivity index (χ2n) is 7.85. The second-order valence-corrected chi connectivity index (χ2v) is 7.85. The molecule has 0 radical (unpaired) electrons. The van der Waals surface area contributed by atoms with Gasteiger partial charge in [0.25, 0.3) is 0 Å². The molecule has 0 spiro atoms. The van der Waals surface area contributed by atoms with Gasteiger partial charge in [-0.25, -0.2) is 0 Å². The normalized spacial score (nSPS) is 18.1. The Morgan fingerprint density at radius 3 is 1.79 bits per heavy atom. The van der Waals surface area contributed by atoms with E-state index in [1.165, 1.54) is 57.8 Å². The van der Waals surface area contributed by atoms with Crippen molar-refractivity contribution in [2.24, 2.45) is 5.73 Å². The third-order valence-corrected chi connectivity index (χ3v) is 5.43. The fourth-order valence-electron chi connectivity index (χ4n) is 3.91. The predicted octanol–water partition coefficient (Wildman–Crippen LogP) is 2.37. The molecule has 9 nitrogen and oxygen atoms in total. The predicted molar refractivity (Wildman–Crippen MR) is 115 cm³/mol. The van der Waals surface area contributed by atoms with Crippen LogP contribution in [0.3, 0.4) is 0 Å². The Morgan fingerprint density at radius 1 is 0.690 bits per heavy atom. The van der Waals surface area contributed by atoms with Gasteiger partial charge in [-0.15, -0.1) is 0 Å². The minimum atomic E-state index is 0.454. The van der Waals surface area contributed by atoms with Gasteiger partial charge in [-0.3, -0.25) is 0 Å². The third kappa shape index (κ3) is 8.28. The van der Waals surface area contributed by atoms with Crippen molar-refractivity contribution < 1.29 is 9.47 Å².